The van der Waals surface area contributed by atoms with Gasteiger partial charge in [0.1, 0.15) is 6.10 Å². The fourth-order valence-corrected chi connectivity index (χ4v) is 3.05. The molecule has 4 atom stereocenters. The Labute approximate surface area is 121 Å². The Bertz CT molecular complexity index is 352. The van der Waals surface area contributed by atoms with E-state index in [1.165, 1.54) is 0 Å². The van der Waals surface area contributed by atoms with E-state index in [4.69, 9.17) is 9.47 Å². The van der Waals surface area contributed by atoms with Gasteiger partial charge in [-0.2, -0.15) is 0 Å². The predicted molar refractivity (Wildman–Crippen MR) is 76.3 cm³/mol. The van der Waals surface area contributed by atoms with Crippen LogP contribution in [0.25, 0.3) is 0 Å². The summed E-state index contributed by atoms with van der Waals surface area (Å²) in [5.41, 5.74) is 0.423. The molecule has 2 saturated carbocycles. The van der Waals surface area contributed by atoms with Crippen molar-refractivity contribution in [2.24, 2.45) is 0 Å². The van der Waals surface area contributed by atoms with Gasteiger partial charge in [0.25, 0.3) is 0 Å². The lowest BCUT2D eigenvalue weighted by Crippen LogP contribution is -2.43. The summed E-state index contributed by atoms with van der Waals surface area (Å²) in [5.74, 6) is -0.338. The summed E-state index contributed by atoms with van der Waals surface area (Å²) >= 11 is 0. The molecule has 0 saturated heterocycles. The second-order valence-corrected chi connectivity index (χ2v) is 6.07. The first-order chi connectivity index (χ1) is 9.58. The van der Waals surface area contributed by atoms with Crippen molar-refractivity contribution in [2.45, 2.75) is 82.7 Å². The molecular weight excluding hydrogens is 256 g/mol. The first kappa shape index (κ1) is 15.5. The number of rotatable bonds is 4. The zero-order valence-electron chi connectivity index (χ0n) is 12.3. The fourth-order valence-electron chi connectivity index (χ4n) is 3.05. The summed E-state index contributed by atoms with van der Waals surface area (Å²) in [7, 11) is 0. The largest absolute Gasteiger partial charge is 0.456 e. The highest BCUT2D eigenvalue weighted by Crippen LogP contribution is 2.29. The molecule has 0 aromatic carbocycles. The average molecular weight is 282 g/mol. The molecule has 2 aliphatic carbocycles. The molecule has 20 heavy (non-hydrogen) atoms. The molecule has 0 spiro atoms. The van der Waals surface area contributed by atoms with Crippen molar-refractivity contribution in [3.8, 4) is 0 Å². The van der Waals surface area contributed by atoms with E-state index in [1.807, 2.05) is 0 Å². The summed E-state index contributed by atoms with van der Waals surface area (Å²) in [4.78, 5) is 11.7. The SMILES string of the molecule is C=C(C)C(=O)OC1CCCCC1OC1CCCCC1O. The number of esters is 1. The van der Waals surface area contributed by atoms with Gasteiger partial charge in [0.2, 0.25) is 0 Å². The van der Waals surface area contributed by atoms with Crippen LogP contribution in [0, 0.1) is 0 Å². The van der Waals surface area contributed by atoms with Crippen LogP contribution >= 0.6 is 0 Å². The number of carbonyl (C=O) groups is 1. The fraction of sp³-hybridized carbons (Fsp3) is 0.812. The van der Waals surface area contributed by atoms with Crippen molar-refractivity contribution in [3.63, 3.8) is 0 Å². The van der Waals surface area contributed by atoms with Gasteiger partial charge in [-0.25, -0.2) is 4.79 Å². The van der Waals surface area contributed by atoms with Crippen LogP contribution in [0.5, 0.6) is 0 Å². The monoisotopic (exact) mass is 282 g/mol. The Hall–Kier alpha value is -0.870. The van der Waals surface area contributed by atoms with Crippen LogP contribution in [0.15, 0.2) is 12.2 Å². The molecule has 4 heteroatoms. The highest BCUT2D eigenvalue weighted by atomic mass is 16.6. The molecule has 4 nitrogen and oxygen atoms in total. The van der Waals surface area contributed by atoms with Crippen LogP contribution in [0.1, 0.15) is 58.3 Å². The lowest BCUT2D eigenvalue weighted by Gasteiger charge is -2.36. The molecule has 0 amide bonds. The molecule has 0 aromatic heterocycles. The molecule has 0 aliphatic heterocycles. The van der Waals surface area contributed by atoms with Crippen molar-refractivity contribution in [3.05, 3.63) is 12.2 Å². The van der Waals surface area contributed by atoms with E-state index in [2.05, 4.69) is 6.58 Å². The lowest BCUT2D eigenvalue weighted by atomic mass is 9.91. The Balaban J connectivity index is 1.92. The highest BCUT2D eigenvalue weighted by molar-refractivity contribution is 5.87. The summed E-state index contributed by atoms with van der Waals surface area (Å²) in [5, 5.41) is 10.0. The number of ether oxygens (including phenoxy) is 2. The number of hydrogen-bond acceptors (Lipinski definition) is 4. The van der Waals surface area contributed by atoms with Crippen LogP contribution in [-0.4, -0.2) is 35.5 Å². The number of carbonyl (C=O) groups excluding carboxylic acids is 1. The Morgan fingerprint density at radius 2 is 1.55 bits per heavy atom. The maximum absolute atomic E-state index is 11.7. The van der Waals surface area contributed by atoms with Crippen LogP contribution < -0.4 is 0 Å². The molecule has 4 unspecified atom stereocenters. The smallest absolute Gasteiger partial charge is 0.333 e. The number of hydrogen-bond donors (Lipinski definition) is 1. The topological polar surface area (TPSA) is 55.8 Å². The molecule has 2 rings (SSSR count). The van der Waals surface area contributed by atoms with Crippen LogP contribution in [0.4, 0.5) is 0 Å². The predicted octanol–water partition coefficient (Wildman–Crippen LogP) is 2.74. The minimum absolute atomic E-state index is 0.0789. The van der Waals surface area contributed by atoms with Gasteiger partial charge in [-0.1, -0.05) is 25.8 Å². The van der Waals surface area contributed by atoms with Gasteiger partial charge in [0, 0.05) is 5.57 Å². The van der Waals surface area contributed by atoms with E-state index < -0.39 is 0 Å². The molecule has 0 radical (unpaired) electrons. The molecule has 2 aliphatic rings. The standard InChI is InChI=1S/C16H26O4/c1-11(2)16(18)20-15-10-6-5-9-14(15)19-13-8-4-3-7-12(13)17/h12-15,17H,1,3-10H2,2H3. The van der Waals surface area contributed by atoms with Gasteiger partial charge in [0.15, 0.2) is 0 Å². The Morgan fingerprint density at radius 1 is 1.00 bits per heavy atom. The van der Waals surface area contributed by atoms with Crippen LogP contribution in [0.3, 0.4) is 0 Å². The van der Waals surface area contributed by atoms with E-state index in [9.17, 15) is 9.90 Å². The molecule has 1 N–H and O–H groups in total. The van der Waals surface area contributed by atoms with Gasteiger partial charge in [-0.3, -0.25) is 0 Å². The minimum atomic E-state index is -0.372. The van der Waals surface area contributed by atoms with Gasteiger partial charge >= 0.3 is 5.97 Å². The maximum atomic E-state index is 11.7. The van der Waals surface area contributed by atoms with E-state index in [0.29, 0.717) is 5.57 Å². The van der Waals surface area contributed by atoms with Crippen molar-refractivity contribution in [1.82, 2.24) is 0 Å². The number of aliphatic hydroxyl groups excluding tert-OH is 1. The highest BCUT2D eigenvalue weighted by Gasteiger charge is 2.34. The Kier molecular flexibility index (Phi) is 5.61. The average Bonchev–Trinajstić information content (AvgIpc) is 2.43. The second-order valence-electron chi connectivity index (χ2n) is 6.07. The van der Waals surface area contributed by atoms with E-state index in [1.54, 1.807) is 6.92 Å². The first-order valence-electron chi connectivity index (χ1n) is 7.78. The van der Waals surface area contributed by atoms with E-state index in [0.717, 1.165) is 51.4 Å². The number of aliphatic hydroxyl groups is 1. The molecule has 114 valence electrons. The summed E-state index contributed by atoms with van der Waals surface area (Å²) < 4.78 is 11.6. The van der Waals surface area contributed by atoms with Gasteiger partial charge in [-0.15, -0.1) is 0 Å². The van der Waals surface area contributed by atoms with E-state index >= 15 is 0 Å². The zero-order chi connectivity index (χ0) is 14.5. The van der Waals surface area contributed by atoms with Crippen molar-refractivity contribution in [1.29, 1.82) is 0 Å². The molecule has 0 aromatic rings. The molecule has 2 fully saturated rings. The third-order valence-corrected chi connectivity index (χ3v) is 4.27. The molecule has 0 bridgehead atoms. The third-order valence-electron chi connectivity index (χ3n) is 4.27. The van der Waals surface area contributed by atoms with Crippen molar-refractivity contribution in [2.75, 3.05) is 0 Å². The first-order valence-corrected chi connectivity index (χ1v) is 7.78. The molecule has 0 heterocycles. The van der Waals surface area contributed by atoms with Crippen molar-refractivity contribution >= 4 is 5.97 Å². The summed E-state index contributed by atoms with van der Waals surface area (Å²) in [6, 6.07) is 0. The summed E-state index contributed by atoms with van der Waals surface area (Å²) in [6.07, 6.45) is 7.03. The normalized spacial score (nSPS) is 34.5. The lowest BCUT2D eigenvalue weighted by molar-refractivity contribution is -0.170. The minimum Gasteiger partial charge on any atom is -0.456 e. The van der Waals surface area contributed by atoms with E-state index in [-0.39, 0.29) is 30.4 Å². The van der Waals surface area contributed by atoms with Gasteiger partial charge < -0.3 is 14.6 Å². The zero-order valence-corrected chi connectivity index (χ0v) is 12.3. The van der Waals surface area contributed by atoms with Crippen LogP contribution in [0.2, 0.25) is 0 Å². The summed E-state index contributed by atoms with van der Waals surface area (Å²) in [6.45, 7) is 5.28. The molecular formula is C16H26O4. The third kappa shape index (κ3) is 4.06. The maximum Gasteiger partial charge on any atom is 0.333 e. The van der Waals surface area contributed by atoms with Crippen LogP contribution in [-0.2, 0) is 14.3 Å². The van der Waals surface area contributed by atoms with Gasteiger partial charge in [-0.05, 0) is 39.0 Å². The van der Waals surface area contributed by atoms with Crippen molar-refractivity contribution < 1.29 is 19.4 Å². The second kappa shape index (κ2) is 7.23. The van der Waals surface area contributed by atoms with Gasteiger partial charge in [0.05, 0.1) is 18.3 Å². The quantitative estimate of drug-likeness (QED) is 0.636. The Morgan fingerprint density at radius 3 is 2.15 bits per heavy atom.